The third-order valence-corrected chi connectivity index (χ3v) is 6.27. The molecule has 1 aliphatic rings. The number of carbonyl (C=O) groups excluding carboxylic acids is 1. The van der Waals surface area contributed by atoms with E-state index in [1.807, 2.05) is 43.3 Å². The summed E-state index contributed by atoms with van der Waals surface area (Å²) in [7, 11) is 4.07. The van der Waals surface area contributed by atoms with Crippen LogP contribution in [-0.2, 0) is 6.42 Å². The van der Waals surface area contributed by atoms with Crippen LogP contribution in [0.3, 0.4) is 0 Å². The van der Waals surface area contributed by atoms with Gasteiger partial charge in [0.1, 0.15) is 5.00 Å². The van der Waals surface area contributed by atoms with Crippen LogP contribution in [0.1, 0.15) is 29.3 Å². The molecule has 0 bridgehead atoms. The van der Waals surface area contributed by atoms with Gasteiger partial charge in [0.15, 0.2) is 0 Å². The van der Waals surface area contributed by atoms with Gasteiger partial charge in [-0.1, -0.05) is 36.7 Å². The maximum absolute atomic E-state index is 12.9. The molecule has 1 aromatic carbocycles. The highest BCUT2D eigenvalue weighted by Gasteiger charge is 2.27. The highest BCUT2D eigenvalue weighted by Crippen LogP contribution is 2.36. The Balaban J connectivity index is 1.87. The molecule has 1 N–H and O–H groups in total. The first-order valence-corrected chi connectivity index (χ1v) is 10.8. The third-order valence-electron chi connectivity index (χ3n) is 4.64. The van der Waals surface area contributed by atoms with Crippen molar-refractivity contribution in [3.8, 4) is 0 Å². The van der Waals surface area contributed by atoms with E-state index < -0.39 is 0 Å². The fraction of sp³-hybridized carbons (Fsp3) is 0.429. The van der Waals surface area contributed by atoms with Crippen LogP contribution in [0, 0.1) is 0 Å². The van der Waals surface area contributed by atoms with E-state index in [0.29, 0.717) is 24.7 Å². The molecule has 0 saturated heterocycles. The van der Waals surface area contributed by atoms with Crippen LogP contribution in [0.2, 0.25) is 5.02 Å². The number of anilines is 1. The Morgan fingerprint density at radius 1 is 1.32 bits per heavy atom. The van der Waals surface area contributed by atoms with Gasteiger partial charge in [-0.05, 0) is 45.6 Å². The number of nitrogens with zero attached hydrogens (tertiary/aromatic N) is 3. The lowest BCUT2D eigenvalue weighted by Crippen LogP contribution is -2.41. The molecule has 0 spiro atoms. The van der Waals surface area contributed by atoms with Gasteiger partial charge in [-0.25, -0.2) is 4.79 Å². The fourth-order valence-corrected chi connectivity index (χ4v) is 4.53. The van der Waals surface area contributed by atoms with E-state index in [0.717, 1.165) is 41.2 Å². The normalized spacial score (nSPS) is 13.9. The highest BCUT2D eigenvalue weighted by atomic mass is 35.5. The Bertz CT molecular complexity index is 862. The van der Waals surface area contributed by atoms with Gasteiger partial charge in [0.05, 0.1) is 12.3 Å². The van der Waals surface area contributed by atoms with Crippen molar-refractivity contribution in [3.63, 3.8) is 0 Å². The van der Waals surface area contributed by atoms with Crippen molar-refractivity contribution < 1.29 is 4.79 Å². The van der Waals surface area contributed by atoms with Gasteiger partial charge >= 0.3 is 6.03 Å². The number of aryl methyl sites for hydroxylation is 1. The minimum Gasteiger partial charge on any atom is -0.338 e. The number of fused-ring (bicyclic) bond motifs is 1. The van der Waals surface area contributed by atoms with E-state index in [4.69, 9.17) is 16.6 Å². The van der Waals surface area contributed by atoms with E-state index in [1.165, 1.54) is 4.88 Å². The van der Waals surface area contributed by atoms with Gasteiger partial charge in [0.2, 0.25) is 0 Å². The molecule has 5 nitrogen and oxygen atoms in total. The summed E-state index contributed by atoms with van der Waals surface area (Å²) in [5.41, 5.74) is 2.79. The molecule has 28 heavy (non-hydrogen) atoms. The van der Waals surface area contributed by atoms with Gasteiger partial charge in [-0.3, -0.25) is 9.89 Å². The number of benzene rings is 1. The van der Waals surface area contributed by atoms with Crippen molar-refractivity contribution in [2.24, 2.45) is 4.99 Å². The molecule has 2 heterocycles. The van der Waals surface area contributed by atoms with Crippen LogP contribution in [0.15, 0.2) is 35.3 Å². The van der Waals surface area contributed by atoms with Gasteiger partial charge < -0.3 is 10.2 Å². The minimum absolute atomic E-state index is 0.0554. The topological polar surface area (TPSA) is 47.9 Å². The third kappa shape index (κ3) is 4.74. The number of amides is 2. The molecular weight excluding hydrogens is 392 g/mol. The molecule has 1 aliphatic heterocycles. The van der Waals surface area contributed by atoms with E-state index in [9.17, 15) is 4.79 Å². The largest absolute Gasteiger partial charge is 0.338 e. The van der Waals surface area contributed by atoms with Crippen LogP contribution in [0.5, 0.6) is 0 Å². The average molecular weight is 419 g/mol. The molecule has 0 atom stereocenters. The standard InChI is InChI=1S/C21H27ClN4OS/c1-4-15-14-17-19(16-8-5-6-9-18(16)22)23-11-13-26(20(17)28-15)21(27)24-10-7-12-25(2)3/h5-6,8-9,14H,4,7,10-13H2,1-3H3,(H,24,27). The number of hydrogen-bond acceptors (Lipinski definition) is 4. The number of aliphatic imine (C=N–C) groups is 1. The second-order valence-electron chi connectivity index (χ2n) is 7.04. The summed E-state index contributed by atoms with van der Waals surface area (Å²) >= 11 is 8.12. The van der Waals surface area contributed by atoms with E-state index in [1.54, 1.807) is 11.3 Å². The van der Waals surface area contributed by atoms with Crippen LogP contribution in [0.4, 0.5) is 9.80 Å². The predicted octanol–water partition coefficient (Wildman–Crippen LogP) is 4.28. The molecule has 7 heteroatoms. The Kier molecular flexibility index (Phi) is 7.10. The molecule has 2 aromatic rings. The lowest BCUT2D eigenvalue weighted by molar-refractivity contribution is 0.246. The molecule has 0 aliphatic carbocycles. The first kappa shape index (κ1) is 20.8. The summed E-state index contributed by atoms with van der Waals surface area (Å²) in [6.45, 7) is 4.85. The summed E-state index contributed by atoms with van der Waals surface area (Å²) < 4.78 is 0. The van der Waals surface area contributed by atoms with Gasteiger partial charge in [0, 0.05) is 34.1 Å². The Morgan fingerprint density at radius 3 is 2.82 bits per heavy atom. The van der Waals surface area contributed by atoms with Gasteiger partial charge in [-0.2, -0.15) is 0 Å². The summed E-state index contributed by atoms with van der Waals surface area (Å²) in [5, 5.41) is 4.70. The summed E-state index contributed by atoms with van der Waals surface area (Å²) in [6.07, 6.45) is 1.84. The lowest BCUT2D eigenvalue weighted by Gasteiger charge is -2.21. The predicted molar refractivity (Wildman–Crippen MR) is 120 cm³/mol. The maximum atomic E-state index is 12.9. The van der Waals surface area contributed by atoms with Crippen molar-refractivity contribution in [1.29, 1.82) is 0 Å². The number of carbonyl (C=O) groups is 1. The fourth-order valence-electron chi connectivity index (χ4n) is 3.19. The molecule has 150 valence electrons. The van der Waals surface area contributed by atoms with Crippen LogP contribution < -0.4 is 10.2 Å². The van der Waals surface area contributed by atoms with Crippen LogP contribution in [-0.4, -0.2) is 56.9 Å². The first-order chi connectivity index (χ1) is 13.5. The average Bonchev–Trinajstić information content (AvgIpc) is 3.02. The molecular formula is C21H27ClN4OS. The summed E-state index contributed by atoms with van der Waals surface area (Å²) in [5.74, 6) is 0. The second kappa shape index (κ2) is 9.54. The Morgan fingerprint density at radius 2 is 2.11 bits per heavy atom. The zero-order valence-corrected chi connectivity index (χ0v) is 18.2. The van der Waals surface area contributed by atoms with Crippen molar-refractivity contribution in [1.82, 2.24) is 10.2 Å². The van der Waals surface area contributed by atoms with Crippen molar-refractivity contribution in [3.05, 3.63) is 51.4 Å². The molecule has 3 rings (SSSR count). The quantitative estimate of drug-likeness (QED) is 0.711. The molecule has 1 aromatic heterocycles. The number of urea groups is 1. The SMILES string of the molecule is CCc1cc2c(s1)N(C(=O)NCCCN(C)C)CCN=C2c1ccccc1Cl. The van der Waals surface area contributed by atoms with Crippen molar-refractivity contribution >= 4 is 39.7 Å². The molecule has 0 saturated carbocycles. The lowest BCUT2D eigenvalue weighted by atomic mass is 10.0. The van der Waals surface area contributed by atoms with Crippen molar-refractivity contribution in [2.45, 2.75) is 19.8 Å². The maximum Gasteiger partial charge on any atom is 0.322 e. The number of hydrogen-bond donors (Lipinski definition) is 1. The summed E-state index contributed by atoms with van der Waals surface area (Å²) in [4.78, 5) is 22.9. The number of nitrogens with one attached hydrogen (secondary N) is 1. The van der Waals surface area contributed by atoms with E-state index in [-0.39, 0.29) is 6.03 Å². The van der Waals surface area contributed by atoms with Crippen LogP contribution in [0.25, 0.3) is 0 Å². The summed E-state index contributed by atoms with van der Waals surface area (Å²) in [6, 6.07) is 9.86. The first-order valence-electron chi connectivity index (χ1n) is 9.63. The Hall–Kier alpha value is -1.89. The van der Waals surface area contributed by atoms with Gasteiger partial charge in [0.25, 0.3) is 0 Å². The zero-order chi connectivity index (χ0) is 20.1. The number of thiophene rings is 1. The van der Waals surface area contributed by atoms with E-state index in [2.05, 4.69) is 23.2 Å². The molecule has 0 unspecified atom stereocenters. The molecule has 0 fully saturated rings. The Labute approximate surface area is 176 Å². The monoisotopic (exact) mass is 418 g/mol. The van der Waals surface area contributed by atoms with Crippen molar-refractivity contribution in [2.75, 3.05) is 45.2 Å². The highest BCUT2D eigenvalue weighted by molar-refractivity contribution is 7.16. The number of rotatable bonds is 6. The van der Waals surface area contributed by atoms with E-state index >= 15 is 0 Å². The zero-order valence-electron chi connectivity index (χ0n) is 16.7. The second-order valence-corrected chi connectivity index (χ2v) is 8.56. The smallest absolute Gasteiger partial charge is 0.322 e. The van der Waals surface area contributed by atoms with Gasteiger partial charge in [-0.15, -0.1) is 11.3 Å². The molecule has 2 amide bonds. The number of halogens is 1. The minimum atomic E-state index is -0.0554. The molecule has 0 radical (unpaired) electrons. The van der Waals surface area contributed by atoms with Crippen LogP contribution >= 0.6 is 22.9 Å².